The van der Waals surface area contributed by atoms with Crippen LogP contribution in [-0.4, -0.2) is 23.4 Å². The van der Waals surface area contributed by atoms with Gasteiger partial charge in [-0.2, -0.15) is 17.6 Å². The van der Waals surface area contributed by atoms with E-state index in [1.807, 2.05) is 0 Å². The molecule has 0 saturated carbocycles. The summed E-state index contributed by atoms with van der Waals surface area (Å²) in [6.07, 6.45) is -2.22. The lowest BCUT2D eigenvalue weighted by atomic mass is 10.0. The summed E-state index contributed by atoms with van der Waals surface area (Å²) in [7, 11) is 0. The molecule has 0 heterocycles. The smallest absolute Gasteiger partial charge is 0.292 e. The molecule has 0 spiro atoms. The lowest BCUT2D eigenvalue weighted by Crippen LogP contribution is -2.34. The number of rotatable bonds is 5. The molecule has 14 heavy (non-hydrogen) atoms. The summed E-state index contributed by atoms with van der Waals surface area (Å²) in [5.74, 6) is -11.0. The van der Waals surface area contributed by atoms with Gasteiger partial charge in [0.2, 0.25) is 11.6 Å². The van der Waals surface area contributed by atoms with Crippen molar-refractivity contribution in [3.05, 3.63) is 0 Å². The van der Waals surface area contributed by atoms with Gasteiger partial charge in [-0.1, -0.05) is 6.92 Å². The van der Waals surface area contributed by atoms with Gasteiger partial charge in [0, 0.05) is 13.3 Å². The molecule has 0 saturated heterocycles. The van der Waals surface area contributed by atoms with Crippen LogP contribution in [0.1, 0.15) is 26.7 Å². The second-order valence-electron chi connectivity index (χ2n) is 2.97. The zero-order chi connectivity index (χ0) is 11.6. The van der Waals surface area contributed by atoms with Crippen molar-refractivity contribution in [1.82, 2.24) is 0 Å². The Morgan fingerprint density at radius 2 is 1.50 bits per heavy atom. The maximum absolute atomic E-state index is 12.5. The van der Waals surface area contributed by atoms with Crippen LogP contribution in [-0.2, 0) is 9.59 Å². The second-order valence-corrected chi connectivity index (χ2v) is 2.97. The summed E-state index contributed by atoms with van der Waals surface area (Å²) in [6.45, 7) is 1.30. The molecule has 0 unspecified atom stereocenters. The molecule has 0 rings (SSSR count). The van der Waals surface area contributed by atoms with Crippen LogP contribution in [0.3, 0.4) is 0 Å². The zero-order valence-electron chi connectivity index (χ0n) is 7.74. The fourth-order valence-corrected chi connectivity index (χ4v) is 0.628. The Kier molecular flexibility index (Phi) is 3.79. The van der Waals surface area contributed by atoms with Gasteiger partial charge >= 0.3 is 11.8 Å². The van der Waals surface area contributed by atoms with E-state index >= 15 is 0 Å². The van der Waals surface area contributed by atoms with Crippen LogP contribution < -0.4 is 0 Å². The largest absolute Gasteiger partial charge is 0.305 e. The molecule has 0 N–H and O–H groups in total. The van der Waals surface area contributed by atoms with Crippen molar-refractivity contribution in [3.8, 4) is 0 Å². The highest BCUT2D eigenvalue weighted by Gasteiger charge is 2.41. The minimum atomic E-state index is -3.74. The highest BCUT2D eigenvalue weighted by atomic mass is 19.3. The van der Waals surface area contributed by atoms with E-state index in [2.05, 4.69) is 0 Å². The van der Waals surface area contributed by atoms with E-state index in [-0.39, 0.29) is 6.92 Å². The molecular formula is C8H10F4O2. The van der Waals surface area contributed by atoms with Gasteiger partial charge in [0.1, 0.15) is 0 Å². The summed E-state index contributed by atoms with van der Waals surface area (Å²) >= 11 is 0. The number of hydrogen-bond acceptors (Lipinski definition) is 2. The molecule has 82 valence electrons. The summed E-state index contributed by atoms with van der Waals surface area (Å²) in [5.41, 5.74) is 0. The molecule has 0 aromatic carbocycles. The topological polar surface area (TPSA) is 34.1 Å². The summed E-state index contributed by atoms with van der Waals surface area (Å²) in [4.78, 5) is 21.2. The predicted molar refractivity (Wildman–Crippen MR) is 40.5 cm³/mol. The molecular weight excluding hydrogens is 204 g/mol. The SMILES string of the molecule is CCC(F)(F)C(=O)CC(=O)C(C)(F)F. The van der Waals surface area contributed by atoms with Crippen LogP contribution in [0.25, 0.3) is 0 Å². The van der Waals surface area contributed by atoms with Crippen LogP contribution in [0.5, 0.6) is 0 Å². The normalized spacial score (nSPS) is 12.7. The standard InChI is InChI=1S/C8H10F4O2/c1-3-8(11,12)6(14)4-5(13)7(2,9)10/h3-4H2,1-2H3. The van der Waals surface area contributed by atoms with Gasteiger partial charge in [-0.15, -0.1) is 0 Å². The summed E-state index contributed by atoms with van der Waals surface area (Å²) < 4.78 is 49.5. The zero-order valence-corrected chi connectivity index (χ0v) is 7.74. The first-order valence-electron chi connectivity index (χ1n) is 3.93. The number of ketones is 2. The first-order chi connectivity index (χ1) is 6.11. The Labute approximate surface area is 78.3 Å². The van der Waals surface area contributed by atoms with Gasteiger partial charge in [0.15, 0.2) is 0 Å². The Bertz CT molecular complexity index is 242. The van der Waals surface area contributed by atoms with E-state index in [9.17, 15) is 27.2 Å². The number of carbonyl (C=O) groups excluding carboxylic acids is 2. The molecule has 0 fully saturated rings. The van der Waals surface area contributed by atoms with E-state index in [1.165, 1.54) is 0 Å². The molecule has 0 aromatic heterocycles. The monoisotopic (exact) mass is 214 g/mol. The van der Waals surface area contributed by atoms with Gasteiger partial charge in [-0.3, -0.25) is 9.59 Å². The average molecular weight is 214 g/mol. The first-order valence-corrected chi connectivity index (χ1v) is 3.93. The van der Waals surface area contributed by atoms with Crippen molar-refractivity contribution < 1.29 is 27.2 Å². The van der Waals surface area contributed by atoms with Crippen molar-refractivity contribution in [2.75, 3.05) is 0 Å². The van der Waals surface area contributed by atoms with E-state index < -0.39 is 36.3 Å². The number of carbonyl (C=O) groups is 2. The van der Waals surface area contributed by atoms with E-state index in [0.29, 0.717) is 0 Å². The van der Waals surface area contributed by atoms with E-state index in [0.717, 1.165) is 6.92 Å². The van der Waals surface area contributed by atoms with Gasteiger partial charge in [0.25, 0.3) is 0 Å². The van der Waals surface area contributed by atoms with Gasteiger partial charge in [-0.25, -0.2) is 0 Å². The van der Waals surface area contributed by atoms with Crippen molar-refractivity contribution in [2.45, 2.75) is 38.5 Å². The first kappa shape index (κ1) is 13.1. The van der Waals surface area contributed by atoms with Crippen molar-refractivity contribution >= 4 is 11.6 Å². The van der Waals surface area contributed by atoms with E-state index in [4.69, 9.17) is 0 Å². The fourth-order valence-electron chi connectivity index (χ4n) is 0.628. The Morgan fingerprint density at radius 3 is 1.79 bits per heavy atom. The summed E-state index contributed by atoms with van der Waals surface area (Å²) in [5, 5.41) is 0. The lowest BCUT2D eigenvalue weighted by Gasteiger charge is -2.13. The summed E-state index contributed by atoms with van der Waals surface area (Å²) in [6, 6.07) is 0. The molecule has 0 radical (unpaired) electrons. The quantitative estimate of drug-likeness (QED) is 0.519. The fraction of sp³-hybridized carbons (Fsp3) is 0.750. The number of hydrogen-bond donors (Lipinski definition) is 0. The molecule has 0 bridgehead atoms. The molecule has 0 atom stereocenters. The number of Topliss-reactive ketones (excluding diaryl/α,β-unsaturated/α-hetero) is 2. The highest BCUT2D eigenvalue weighted by Crippen LogP contribution is 2.23. The molecule has 0 aliphatic carbocycles. The third-order valence-electron chi connectivity index (χ3n) is 1.66. The Morgan fingerprint density at radius 1 is 1.07 bits per heavy atom. The Hall–Kier alpha value is -0.940. The van der Waals surface area contributed by atoms with Crippen LogP contribution in [0.4, 0.5) is 17.6 Å². The van der Waals surface area contributed by atoms with Gasteiger partial charge in [0.05, 0.1) is 6.42 Å². The van der Waals surface area contributed by atoms with Gasteiger partial charge < -0.3 is 0 Å². The number of alkyl halides is 4. The third kappa shape index (κ3) is 3.43. The molecule has 0 aliphatic rings. The molecule has 0 aromatic rings. The maximum Gasteiger partial charge on any atom is 0.305 e. The maximum atomic E-state index is 12.5. The minimum absolute atomic E-state index is 0.271. The molecule has 2 nitrogen and oxygen atoms in total. The third-order valence-corrected chi connectivity index (χ3v) is 1.66. The minimum Gasteiger partial charge on any atom is -0.292 e. The van der Waals surface area contributed by atoms with Crippen LogP contribution in [0.15, 0.2) is 0 Å². The van der Waals surface area contributed by atoms with Crippen LogP contribution in [0.2, 0.25) is 0 Å². The second kappa shape index (κ2) is 4.06. The Balaban J connectivity index is 4.43. The molecule has 6 heteroatoms. The van der Waals surface area contributed by atoms with Crippen molar-refractivity contribution in [2.24, 2.45) is 0 Å². The molecule has 0 aliphatic heterocycles. The lowest BCUT2D eigenvalue weighted by molar-refractivity contribution is -0.152. The van der Waals surface area contributed by atoms with E-state index in [1.54, 1.807) is 0 Å². The average Bonchev–Trinajstić information content (AvgIpc) is 2.02. The van der Waals surface area contributed by atoms with Gasteiger partial charge in [-0.05, 0) is 0 Å². The predicted octanol–water partition coefficient (Wildman–Crippen LogP) is 2.22. The molecule has 0 amide bonds. The highest BCUT2D eigenvalue weighted by molar-refractivity contribution is 6.04. The van der Waals surface area contributed by atoms with Crippen molar-refractivity contribution in [3.63, 3.8) is 0 Å². The van der Waals surface area contributed by atoms with Crippen LogP contribution in [0, 0.1) is 0 Å². The van der Waals surface area contributed by atoms with Crippen molar-refractivity contribution in [1.29, 1.82) is 0 Å². The van der Waals surface area contributed by atoms with Crippen LogP contribution >= 0.6 is 0 Å². The number of halogens is 4.